The van der Waals surface area contributed by atoms with Gasteiger partial charge in [-0.05, 0) is 30.5 Å². The molecule has 19 heavy (non-hydrogen) atoms. The number of carbonyl (C=O) groups is 2. The molecule has 0 atom stereocenters. The van der Waals surface area contributed by atoms with Crippen LogP contribution in [0.15, 0.2) is 24.3 Å². The molecule has 2 rings (SSSR count). The summed E-state index contributed by atoms with van der Waals surface area (Å²) >= 11 is 0. The Morgan fingerprint density at radius 2 is 1.53 bits per heavy atom. The maximum Gasteiger partial charge on any atom is 1.00 e. The van der Waals surface area contributed by atoms with E-state index in [2.05, 4.69) is 5.32 Å². The number of carboxylic acids is 1. The molecular weight excluding hydrogens is 269 g/mol. The van der Waals surface area contributed by atoms with Crippen LogP contribution in [0.1, 0.15) is 52.8 Å². The van der Waals surface area contributed by atoms with E-state index in [0.29, 0.717) is 5.56 Å². The SMILES string of the molecule is O=C([O-])c1ccc(C(=O)NC2CCCCC2)cc1.[K+]. The van der Waals surface area contributed by atoms with Gasteiger partial charge in [-0.1, -0.05) is 31.4 Å². The smallest absolute Gasteiger partial charge is 0.545 e. The van der Waals surface area contributed by atoms with Crippen LogP contribution < -0.4 is 61.8 Å². The fourth-order valence-corrected chi connectivity index (χ4v) is 2.27. The van der Waals surface area contributed by atoms with Crippen molar-refractivity contribution in [2.75, 3.05) is 0 Å². The van der Waals surface area contributed by atoms with Crippen LogP contribution in [0.3, 0.4) is 0 Å². The summed E-state index contributed by atoms with van der Waals surface area (Å²) < 4.78 is 0. The van der Waals surface area contributed by atoms with Gasteiger partial charge in [0.2, 0.25) is 0 Å². The number of aromatic carboxylic acids is 1. The molecule has 0 aromatic heterocycles. The molecule has 0 spiro atoms. The van der Waals surface area contributed by atoms with Crippen molar-refractivity contribution in [1.29, 1.82) is 0 Å². The summed E-state index contributed by atoms with van der Waals surface area (Å²) in [4.78, 5) is 22.5. The Labute approximate surface area is 155 Å². The molecule has 1 saturated carbocycles. The molecule has 1 amide bonds. The van der Waals surface area contributed by atoms with Crippen molar-refractivity contribution in [1.82, 2.24) is 5.32 Å². The van der Waals surface area contributed by atoms with Crippen molar-refractivity contribution in [3.63, 3.8) is 0 Å². The Balaban J connectivity index is 0.00000180. The summed E-state index contributed by atoms with van der Waals surface area (Å²) in [6.45, 7) is 0. The number of carbonyl (C=O) groups excluding carboxylic acids is 2. The fraction of sp³-hybridized carbons (Fsp3) is 0.429. The van der Waals surface area contributed by atoms with Crippen LogP contribution in [-0.4, -0.2) is 17.9 Å². The van der Waals surface area contributed by atoms with Crippen molar-refractivity contribution >= 4 is 11.9 Å². The zero-order valence-corrected chi connectivity index (χ0v) is 14.3. The first-order valence-electron chi connectivity index (χ1n) is 6.29. The van der Waals surface area contributed by atoms with E-state index in [1.807, 2.05) is 0 Å². The summed E-state index contributed by atoms with van der Waals surface area (Å²) in [6, 6.07) is 6.08. The molecule has 0 heterocycles. The van der Waals surface area contributed by atoms with Crippen molar-refractivity contribution in [2.24, 2.45) is 0 Å². The molecule has 1 aromatic carbocycles. The standard InChI is InChI=1S/C14H17NO3.K/c16-13(15-12-4-2-1-3-5-12)10-6-8-11(9-7-10)14(17)18;/h6-9,12H,1-5H2,(H,15,16)(H,17,18);/q;+1/p-1. The Bertz CT molecular complexity index is 439. The molecular formula is C14H16KNO3. The van der Waals surface area contributed by atoms with Gasteiger partial charge in [0.1, 0.15) is 0 Å². The Hall–Kier alpha value is -0.204. The van der Waals surface area contributed by atoms with E-state index in [-0.39, 0.29) is 68.9 Å². The Morgan fingerprint density at radius 3 is 2.05 bits per heavy atom. The molecule has 1 aliphatic rings. The summed E-state index contributed by atoms with van der Waals surface area (Å²) in [7, 11) is 0. The molecule has 0 unspecified atom stereocenters. The number of hydrogen-bond donors (Lipinski definition) is 1. The molecule has 0 radical (unpaired) electrons. The van der Waals surface area contributed by atoms with Crippen molar-refractivity contribution in [3.05, 3.63) is 35.4 Å². The second kappa shape index (κ2) is 8.17. The molecule has 1 fully saturated rings. The number of rotatable bonds is 3. The van der Waals surface area contributed by atoms with Gasteiger partial charge in [-0.15, -0.1) is 0 Å². The molecule has 0 bridgehead atoms. The molecule has 4 nitrogen and oxygen atoms in total. The minimum Gasteiger partial charge on any atom is -0.545 e. The van der Waals surface area contributed by atoms with Gasteiger partial charge in [0.15, 0.2) is 0 Å². The van der Waals surface area contributed by atoms with Crippen LogP contribution in [-0.2, 0) is 0 Å². The van der Waals surface area contributed by atoms with Crippen LogP contribution in [0.25, 0.3) is 0 Å². The zero-order chi connectivity index (χ0) is 13.0. The largest absolute Gasteiger partial charge is 1.00 e. The molecule has 0 saturated heterocycles. The Morgan fingerprint density at radius 1 is 1.00 bits per heavy atom. The van der Waals surface area contributed by atoms with Gasteiger partial charge >= 0.3 is 51.4 Å². The van der Waals surface area contributed by atoms with Crippen molar-refractivity contribution in [2.45, 2.75) is 38.1 Å². The molecule has 5 heteroatoms. The minimum absolute atomic E-state index is 0. The fourth-order valence-electron chi connectivity index (χ4n) is 2.27. The first kappa shape index (κ1) is 16.8. The van der Waals surface area contributed by atoms with Gasteiger partial charge in [0.25, 0.3) is 5.91 Å². The van der Waals surface area contributed by atoms with Gasteiger partial charge in [0.05, 0.1) is 5.97 Å². The first-order valence-corrected chi connectivity index (χ1v) is 6.29. The number of benzene rings is 1. The third-order valence-corrected chi connectivity index (χ3v) is 3.32. The van der Waals surface area contributed by atoms with E-state index < -0.39 is 5.97 Å². The maximum atomic E-state index is 11.9. The number of carboxylic acid groups (broad SMARTS) is 1. The van der Waals surface area contributed by atoms with Gasteiger partial charge in [0, 0.05) is 11.6 Å². The van der Waals surface area contributed by atoms with Crippen LogP contribution in [0.4, 0.5) is 0 Å². The third kappa shape index (κ3) is 5.00. The molecule has 1 aliphatic carbocycles. The van der Waals surface area contributed by atoms with E-state index in [4.69, 9.17) is 0 Å². The van der Waals surface area contributed by atoms with Gasteiger partial charge in [-0.25, -0.2) is 0 Å². The van der Waals surface area contributed by atoms with Gasteiger partial charge < -0.3 is 15.2 Å². The first-order chi connectivity index (χ1) is 8.66. The van der Waals surface area contributed by atoms with Gasteiger partial charge in [-0.3, -0.25) is 4.79 Å². The predicted octanol–water partition coefficient (Wildman–Crippen LogP) is -1.88. The van der Waals surface area contributed by atoms with E-state index in [1.165, 1.54) is 30.7 Å². The number of nitrogens with one attached hydrogen (secondary N) is 1. The normalized spacial score (nSPS) is 15.4. The molecule has 0 aliphatic heterocycles. The van der Waals surface area contributed by atoms with E-state index >= 15 is 0 Å². The Kier molecular flexibility index (Phi) is 7.24. The average Bonchev–Trinajstić information content (AvgIpc) is 2.40. The van der Waals surface area contributed by atoms with E-state index in [9.17, 15) is 14.7 Å². The van der Waals surface area contributed by atoms with Crippen LogP contribution in [0, 0.1) is 0 Å². The van der Waals surface area contributed by atoms with E-state index in [0.717, 1.165) is 25.7 Å². The van der Waals surface area contributed by atoms with Crippen molar-refractivity contribution in [3.8, 4) is 0 Å². The quantitative estimate of drug-likeness (QED) is 0.661. The second-order valence-electron chi connectivity index (χ2n) is 4.67. The van der Waals surface area contributed by atoms with Crippen molar-refractivity contribution < 1.29 is 66.1 Å². The summed E-state index contributed by atoms with van der Waals surface area (Å²) in [5, 5.41) is 13.6. The van der Waals surface area contributed by atoms with E-state index in [1.54, 1.807) is 0 Å². The zero-order valence-electron chi connectivity index (χ0n) is 11.1. The summed E-state index contributed by atoms with van der Waals surface area (Å²) in [5.74, 6) is -1.36. The summed E-state index contributed by atoms with van der Waals surface area (Å²) in [6.07, 6.45) is 5.63. The topological polar surface area (TPSA) is 69.2 Å². The minimum atomic E-state index is -1.23. The summed E-state index contributed by atoms with van der Waals surface area (Å²) in [5.41, 5.74) is 0.579. The predicted molar refractivity (Wildman–Crippen MR) is 65.1 cm³/mol. The molecule has 96 valence electrons. The van der Waals surface area contributed by atoms with Crippen LogP contribution in [0.2, 0.25) is 0 Å². The number of amides is 1. The molecule has 1 aromatic rings. The van der Waals surface area contributed by atoms with Crippen LogP contribution >= 0.6 is 0 Å². The average molecular weight is 285 g/mol. The molecule has 1 N–H and O–H groups in total. The maximum absolute atomic E-state index is 11.9. The monoisotopic (exact) mass is 285 g/mol. The van der Waals surface area contributed by atoms with Crippen LogP contribution in [0.5, 0.6) is 0 Å². The number of hydrogen-bond acceptors (Lipinski definition) is 3. The van der Waals surface area contributed by atoms with Gasteiger partial charge in [-0.2, -0.15) is 0 Å². The third-order valence-electron chi connectivity index (χ3n) is 3.32. The second-order valence-corrected chi connectivity index (χ2v) is 4.67.